The molecule has 0 aromatic carbocycles. The highest BCUT2D eigenvalue weighted by molar-refractivity contribution is 5.55. The molecule has 2 N–H and O–H groups in total. The number of nitrogens with two attached hydrogens (primary N) is 1. The zero-order valence-electron chi connectivity index (χ0n) is 5.04. The van der Waals surface area contributed by atoms with Crippen LogP contribution >= 0.6 is 0 Å². The van der Waals surface area contributed by atoms with Gasteiger partial charge in [-0.25, -0.2) is 0 Å². The van der Waals surface area contributed by atoms with E-state index >= 15 is 0 Å². The topological polar surface area (TPSA) is 38.9 Å². The van der Waals surface area contributed by atoms with Crippen molar-refractivity contribution in [3.63, 3.8) is 0 Å². The van der Waals surface area contributed by atoms with Gasteiger partial charge >= 0.3 is 0 Å². The lowest BCUT2D eigenvalue weighted by atomic mass is 10.3. The molecule has 0 bridgehead atoms. The second-order valence-electron chi connectivity index (χ2n) is 1.74. The van der Waals surface area contributed by atoms with Gasteiger partial charge in [0.05, 0.1) is 11.4 Å². The fourth-order valence-electron chi connectivity index (χ4n) is 0.553. The van der Waals surface area contributed by atoms with Crippen molar-refractivity contribution in [3.05, 3.63) is 36.7 Å². The van der Waals surface area contributed by atoms with Crippen LogP contribution in [0.3, 0.4) is 0 Å². The maximum atomic E-state index is 5.36. The highest BCUT2D eigenvalue weighted by Gasteiger charge is 1.88. The van der Waals surface area contributed by atoms with Gasteiger partial charge in [0.25, 0.3) is 0 Å². The van der Waals surface area contributed by atoms with E-state index in [9.17, 15) is 0 Å². The highest BCUT2D eigenvalue weighted by atomic mass is 14.7. The fourth-order valence-corrected chi connectivity index (χ4v) is 0.553. The molecule has 0 aliphatic carbocycles. The maximum Gasteiger partial charge on any atom is 0.0852 e. The van der Waals surface area contributed by atoms with Crippen LogP contribution in [-0.2, 0) is 0 Å². The van der Waals surface area contributed by atoms with Crippen molar-refractivity contribution in [2.45, 2.75) is 0 Å². The van der Waals surface area contributed by atoms with Gasteiger partial charge in [0, 0.05) is 6.20 Å². The minimum absolute atomic E-state index is 0.510. The van der Waals surface area contributed by atoms with E-state index in [-0.39, 0.29) is 0 Å². The van der Waals surface area contributed by atoms with Crippen molar-refractivity contribution in [1.82, 2.24) is 4.98 Å². The summed E-state index contributed by atoms with van der Waals surface area (Å²) in [4.78, 5) is 3.95. The molecule has 9 heavy (non-hydrogen) atoms. The van der Waals surface area contributed by atoms with Crippen LogP contribution in [0.2, 0.25) is 0 Å². The number of hydrogen-bond acceptors (Lipinski definition) is 2. The molecule has 0 saturated carbocycles. The van der Waals surface area contributed by atoms with Crippen LogP contribution in [0.1, 0.15) is 5.69 Å². The molecule has 0 atom stereocenters. The highest BCUT2D eigenvalue weighted by Crippen LogP contribution is 1.98. The predicted molar refractivity (Wildman–Crippen MR) is 37.5 cm³/mol. The van der Waals surface area contributed by atoms with Crippen molar-refractivity contribution in [2.24, 2.45) is 5.73 Å². The van der Waals surface area contributed by atoms with Gasteiger partial charge in [-0.1, -0.05) is 12.6 Å². The van der Waals surface area contributed by atoms with Crippen LogP contribution in [-0.4, -0.2) is 4.98 Å². The van der Waals surface area contributed by atoms with Crippen LogP contribution in [0, 0.1) is 0 Å². The predicted octanol–water partition coefficient (Wildman–Crippen LogP) is 1.01. The molecule has 1 heterocycles. The number of aromatic nitrogens is 1. The largest absolute Gasteiger partial charge is 0.397 e. The third-order valence-corrected chi connectivity index (χ3v) is 0.994. The molecule has 2 heteroatoms. The van der Waals surface area contributed by atoms with Crippen LogP contribution in [0.25, 0.3) is 5.70 Å². The fraction of sp³-hybridized carbons (Fsp3) is 0. The van der Waals surface area contributed by atoms with Gasteiger partial charge in [-0.05, 0) is 12.1 Å². The SMILES string of the molecule is C=C(N)c1ccccn1. The first-order valence-corrected chi connectivity index (χ1v) is 2.66. The molecule has 0 saturated heterocycles. The summed E-state index contributed by atoms with van der Waals surface area (Å²) in [5.74, 6) is 0. The van der Waals surface area contributed by atoms with Gasteiger partial charge in [0.1, 0.15) is 0 Å². The first-order valence-electron chi connectivity index (χ1n) is 2.66. The summed E-state index contributed by atoms with van der Waals surface area (Å²) in [6.45, 7) is 3.54. The van der Waals surface area contributed by atoms with Gasteiger partial charge in [-0.15, -0.1) is 0 Å². The Hall–Kier alpha value is -1.31. The number of rotatable bonds is 1. The number of nitrogens with zero attached hydrogens (tertiary/aromatic N) is 1. The Morgan fingerprint density at radius 3 is 2.67 bits per heavy atom. The number of pyridine rings is 1. The van der Waals surface area contributed by atoms with E-state index in [4.69, 9.17) is 5.73 Å². The molecule has 1 rings (SSSR count). The first kappa shape index (κ1) is 5.82. The van der Waals surface area contributed by atoms with Gasteiger partial charge in [-0.2, -0.15) is 0 Å². The molecule has 0 fully saturated rings. The Labute approximate surface area is 54.0 Å². The van der Waals surface area contributed by atoms with Crippen molar-refractivity contribution >= 4 is 5.70 Å². The van der Waals surface area contributed by atoms with Gasteiger partial charge < -0.3 is 5.73 Å². The lowest BCUT2D eigenvalue weighted by Gasteiger charge is -1.93. The molecule has 0 spiro atoms. The molecule has 46 valence electrons. The van der Waals surface area contributed by atoms with Gasteiger partial charge in [0.15, 0.2) is 0 Å². The molecule has 0 aliphatic heterocycles. The minimum Gasteiger partial charge on any atom is -0.397 e. The van der Waals surface area contributed by atoms with Crippen molar-refractivity contribution in [2.75, 3.05) is 0 Å². The van der Waals surface area contributed by atoms with Crippen molar-refractivity contribution in [3.8, 4) is 0 Å². The molecule has 1 aromatic rings. The smallest absolute Gasteiger partial charge is 0.0852 e. The molecule has 0 amide bonds. The van der Waals surface area contributed by atoms with Crippen molar-refractivity contribution < 1.29 is 0 Å². The zero-order chi connectivity index (χ0) is 6.69. The third kappa shape index (κ3) is 1.29. The van der Waals surface area contributed by atoms with Gasteiger partial charge in [-0.3, -0.25) is 4.98 Å². The second kappa shape index (κ2) is 2.31. The summed E-state index contributed by atoms with van der Waals surface area (Å²) in [6, 6.07) is 5.54. The summed E-state index contributed by atoms with van der Waals surface area (Å²) in [5, 5.41) is 0. The van der Waals surface area contributed by atoms with Crippen molar-refractivity contribution in [1.29, 1.82) is 0 Å². The lowest BCUT2D eigenvalue weighted by molar-refractivity contribution is 1.26. The third-order valence-electron chi connectivity index (χ3n) is 0.994. The Kier molecular flexibility index (Phi) is 1.49. The maximum absolute atomic E-state index is 5.36. The van der Waals surface area contributed by atoms with E-state index in [1.165, 1.54) is 0 Å². The average Bonchev–Trinajstić information content (AvgIpc) is 1.90. The van der Waals surface area contributed by atoms with Gasteiger partial charge in [0.2, 0.25) is 0 Å². The standard InChI is InChI=1S/C7H8N2/c1-6(8)7-4-2-3-5-9-7/h2-5H,1,8H2. The molecule has 1 aromatic heterocycles. The summed E-state index contributed by atoms with van der Waals surface area (Å²) >= 11 is 0. The summed E-state index contributed by atoms with van der Waals surface area (Å²) in [7, 11) is 0. The van der Waals surface area contributed by atoms with Crippen LogP contribution in [0.5, 0.6) is 0 Å². The molecular formula is C7H8N2. The van der Waals surface area contributed by atoms with Crippen LogP contribution in [0.15, 0.2) is 31.0 Å². The zero-order valence-corrected chi connectivity index (χ0v) is 5.04. The van der Waals surface area contributed by atoms with Crippen LogP contribution in [0.4, 0.5) is 0 Å². The second-order valence-corrected chi connectivity index (χ2v) is 1.74. The van der Waals surface area contributed by atoms with E-state index in [0.717, 1.165) is 5.69 Å². The minimum atomic E-state index is 0.510. The summed E-state index contributed by atoms with van der Waals surface area (Å²) < 4.78 is 0. The van der Waals surface area contributed by atoms with E-state index in [0.29, 0.717) is 5.70 Å². The molecule has 2 nitrogen and oxygen atoms in total. The van der Waals surface area contributed by atoms with E-state index in [1.54, 1.807) is 6.20 Å². The molecule has 0 aliphatic rings. The Morgan fingerprint density at radius 1 is 1.56 bits per heavy atom. The monoisotopic (exact) mass is 120 g/mol. The van der Waals surface area contributed by atoms with E-state index < -0.39 is 0 Å². The number of hydrogen-bond donors (Lipinski definition) is 1. The average molecular weight is 120 g/mol. The molecular weight excluding hydrogens is 112 g/mol. The lowest BCUT2D eigenvalue weighted by Crippen LogP contribution is -1.95. The Balaban J connectivity index is 2.98. The van der Waals surface area contributed by atoms with E-state index in [1.807, 2.05) is 18.2 Å². The molecule has 0 radical (unpaired) electrons. The molecule has 0 unspecified atom stereocenters. The first-order chi connectivity index (χ1) is 4.30. The van der Waals surface area contributed by atoms with E-state index in [2.05, 4.69) is 11.6 Å². The van der Waals surface area contributed by atoms with Crippen LogP contribution < -0.4 is 5.73 Å². The quantitative estimate of drug-likeness (QED) is 0.600. The summed E-state index contributed by atoms with van der Waals surface area (Å²) in [5.41, 5.74) is 6.61. The normalized spacial score (nSPS) is 8.89. The Bertz CT molecular complexity index is 203. The Morgan fingerprint density at radius 2 is 2.33 bits per heavy atom. The summed E-state index contributed by atoms with van der Waals surface area (Å²) in [6.07, 6.45) is 1.69.